The average Bonchev–Trinajstić information content (AvgIpc) is 2.41. The lowest BCUT2D eigenvalue weighted by Gasteiger charge is -2.08. The summed E-state index contributed by atoms with van der Waals surface area (Å²) in [5, 5.41) is 0.0259. The van der Waals surface area contributed by atoms with Gasteiger partial charge in [0.25, 0.3) is 0 Å². The van der Waals surface area contributed by atoms with Gasteiger partial charge in [-0.3, -0.25) is 0 Å². The number of aromatic nitrogens is 1. The first-order chi connectivity index (χ1) is 7.32. The molecule has 1 aromatic carbocycles. The molecule has 1 nitrogen and oxygen atoms in total. The third-order valence-electron chi connectivity index (χ3n) is 2.35. The van der Waals surface area contributed by atoms with Gasteiger partial charge in [-0.05, 0) is 34.7 Å². The number of benzene rings is 1. The second-order valence-electron chi connectivity index (χ2n) is 3.41. The Balaban J connectivity index is 2.84. The number of nitrogens with zero attached hydrogens (tertiary/aromatic N) is 1. The normalized spacial score (nSPS) is 12.4. The smallest absolute Gasteiger partial charge is 0.349 e. The van der Waals surface area contributed by atoms with Crippen molar-refractivity contribution in [2.45, 2.75) is 6.18 Å². The molecule has 0 aliphatic rings. The second-order valence-corrected chi connectivity index (χ2v) is 4.57. The first-order valence-electron chi connectivity index (χ1n) is 4.32. The number of hydrogen-bond acceptors (Lipinski definition) is 0. The average molecular weight is 343 g/mol. The number of halogens is 5. The topological polar surface area (TPSA) is 4.93 Å². The second kappa shape index (κ2) is 3.61. The fraction of sp³-hybridized carbons (Fsp3) is 0.200. The minimum atomic E-state index is -4.66. The van der Waals surface area contributed by atoms with Gasteiger partial charge < -0.3 is 4.57 Å². The van der Waals surface area contributed by atoms with Crippen LogP contribution in [0, 0.1) is 9.39 Å². The van der Waals surface area contributed by atoms with E-state index in [0.29, 0.717) is 9.09 Å². The van der Waals surface area contributed by atoms with Gasteiger partial charge in [-0.2, -0.15) is 13.2 Å². The molecule has 1 aromatic heterocycles. The highest BCUT2D eigenvalue weighted by Crippen LogP contribution is 2.36. The predicted molar refractivity (Wildman–Crippen MR) is 60.6 cm³/mol. The van der Waals surface area contributed by atoms with Gasteiger partial charge in [-0.25, -0.2) is 4.39 Å². The van der Waals surface area contributed by atoms with Crippen molar-refractivity contribution in [3.63, 3.8) is 0 Å². The Kier molecular flexibility index (Phi) is 2.64. The zero-order chi connectivity index (χ0) is 12.1. The van der Waals surface area contributed by atoms with E-state index in [1.54, 1.807) is 17.8 Å². The summed E-state index contributed by atoms with van der Waals surface area (Å²) >= 11 is 1.82. The van der Waals surface area contributed by atoms with Gasteiger partial charge in [0.05, 0.1) is 11.1 Å². The SMILES string of the molecule is Cn1cc(I)c2c(F)c(C(F)(F)F)ccc21. The van der Waals surface area contributed by atoms with Gasteiger partial charge in [0.2, 0.25) is 0 Å². The third-order valence-corrected chi connectivity index (χ3v) is 3.17. The standard InChI is InChI=1S/C10H6F4IN/c1-16-4-6(15)8-7(16)3-2-5(9(8)11)10(12,13)14/h2-4H,1H3. The highest BCUT2D eigenvalue weighted by Gasteiger charge is 2.35. The number of alkyl halides is 3. The van der Waals surface area contributed by atoms with E-state index in [1.807, 2.05) is 22.6 Å². The van der Waals surface area contributed by atoms with E-state index < -0.39 is 17.6 Å². The number of hydrogen-bond donors (Lipinski definition) is 0. The fourth-order valence-corrected chi connectivity index (χ4v) is 2.54. The maximum absolute atomic E-state index is 13.7. The highest BCUT2D eigenvalue weighted by molar-refractivity contribution is 14.1. The van der Waals surface area contributed by atoms with Gasteiger partial charge in [0, 0.05) is 22.2 Å². The molecular formula is C10H6F4IN. The van der Waals surface area contributed by atoms with Crippen molar-refractivity contribution in [2.24, 2.45) is 7.05 Å². The Labute approximate surface area is 102 Å². The summed E-state index contributed by atoms with van der Waals surface area (Å²) in [5.41, 5.74) is -0.765. The summed E-state index contributed by atoms with van der Waals surface area (Å²) in [5.74, 6) is -1.20. The Morgan fingerprint density at radius 1 is 1.25 bits per heavy atom. The minimum Gasteiger partial charge on any atom is -0.349 e. The van der Waals surface area contributed by atoms with Crippen LogP contribution in [-0.4, -0.2) is 4.57 Å². The van der Waals surface area contributed by atoms with Crippen molar-refractivity contribution in [3.05, 3.63) is 33.3 Å². The van der Waals surface area contributed by atoms with Crippen LogP contribution in [0.2, 0.25) is 0 Å². The largest absolute Gasteiger partial charge is 0.419 e. The molecule has 0 aliphatic carbocycles. The van der Waals surface area contributed by atoms with Crippen LogP contribution in [0.3, 0.4) is 0 Å². The quantitative estimate of drug-likeness (QED) is 0.504. The number of rotatable bonds is 0. The first-order valence-corrected chi connectivity index (χ1v) is 5.40. The van der Waals surface area contributed by atoms with E-state index in [4.69, 9.17) is 0 Å². The lowest BCUT2D eigenvalue weighted by Crippen LogP contribution is -2.08. The predicted octanol–water partition coefficient (Wildman–Crippen LogP) is 3.94. The molecule has 86 valence electrons. The maximum Gasteiger partial charge on any atom is 0.419 e. The molecule has 0 saturated heterocycles. The Bertz CT molecular complexity index is 556. The van der Waals surface area contributed by atoms with E-state index in [-0.39, 0.29) is 5.39 Å². The Hall–Kier alpha value is -0.790. The van der Waals surface area contributed by atoms with Crippen LogP contribution in [0.4, 0.5) is 17.6 Å². The minimum absolute atomic E-state index is 0.0259. The van der Waals surface area contributed by atoms with E-state index in [9.17, 15) is 17.6 Å². The molecule has 2 aromatic rings. The van der Waals surface area contributed by atoms with Crippen LogP contribution < -0.4 is 0 Å². The molecule has 0 unspecified atom stereocenters. The van der Waals surface area contributed by atoms with Crippen molar-refractivity contribution in [1.29, 1.82) is 0 Å². The molecule has 2 rings (SSSR count). The van der Waals surface area contributed by atoms with Crippen LogP contribution in [0.15, 0.2) is 18.3 Å². The Morgan fingerprint density at radius 3 is 2.44 bits per heavy atom. The summed E-state index contributed by atoms with van der Waals surface area (Å²) in [7, 11) is 1.66. The Morgan fingerprint density at radius 2 is 1.88 bits per heavy atom. The van der Waals surface area contributed by atoms with Crippen LogP contribution >= 0.6 is 22.6 Å². The van der Waals surface area contributed by atoms with E-state index in [2.05, 4.69) is 0 Å². The summed E-state index contributed by atoms with van der Waals surface area (Å²) in [6.45, 7) is 0. The lowest BCUT2D eigenvalue weighted by atomic mass is 10.1. The summed E-state index contributed by atoms with van der Waals surface area (Å²) in [4.78, 5) is 0. The van der Waals surface area contributed by atoms with Crippen molar-refractivity contribution in [2.75, 3.05) is 0 Å². The molecule has 0 amide bonds. The lowest BCUT2D eigenvalue weighted by molar-refractivity contribution is -0.139. The fourth-order valence-electron chi connectivity index (χ4n) is 1.61. The van der Waals surface area contributed by atoms with Gasteiger partial charge in [-0.1, -0.05) is 0 Å². The van der Waals surface area contributed by atoms with Crippen LogP contribution in [0.5, 0.6) is 0 Å². The van der Waals surface area contributed by atoms with Gasteiger partial charge in [0.15, 0.2) is 0 Å². The van der Waals surface area contributed by atoms with Crippen LogP contribution in [0.1, 0.15) is 5.56 Å². The first kappa shape index (κ1) is 11.7. The van der Waals surface area contributed by atoms with Crippen molar-refractivity contribution in [3.8, 4) is 0 Å². The molecule has 6 heteroatoms. The van der Waals surface area contributed by atoms with E-state index >= 15 is 0 Å². The molecule has 0 bridgehead atoms. The highest BCUT2D eigenvalue weighted by atomic mass is 127. The molecule has 0 spiro atoms. The van der Waals surface area contributed by atoms with Crippen LogP contribution in [-0.2, 0) is 13.2 Å². The summed E-state index contributed by atoms with van der Waals surface area (Å²) in [6.07, 6.45) is -3.06. The molecule has 0 N–H and O–H groups in total. The van der Waals surface area contributed by atoms with Gasteiger partial charge >= 0.3 is 6.18 Å². The summed E-state index contributed by atoms with van der Waals surface area (Å²) in [6, 6.07) is 2.05. The van der Waals surface area contributed by atoms with Crippen molar-refractivity contribution >= 4 is 33.5 Å². The molecular weight excluding hydrogens is 337 g/mol. The molecule has 0 saturated carbocycles. The van der Waals surface area contributed by atoms with Gasteiger partial charge in [-0.15, -0.1) is 0 Å². The van der Waals surface area contributed by atoms with Gasteiger partial charge in [0.1, 0.15) is 5.82 Å². The molecule has 1 heterocycles. The summed E-state index contributed by atoms with van der Waals surface area (Å²) < 4.78 is 53.2. The third kappa shape index (κ3) is 1.68. The molecule has 0 atom stereocenters. The van der Waals surface area contributed by atoms with Crippen LogP contribution in [0.25, 0.3) is 10.9 Å². The number of aryl methyl sites for hydroxylation is 1. The molecule has 0 fully saturated rings. The van der Waals surface area contributed by atoms with E-state index in [0.717, 1.165) is 6.07 Å². The molecule has 0 radical (unpaired) electrons. The van der Waals surface area contributed by atoms with E-state index in [1.165, 1.54) is 6.07 Å². The monoisotopic (exact) mass is 343 g/mol. The van der Waals surface area contributed by atoms with Crippen molar-refractivity contribution < 1.29 is 17.6 Å². The molecule has 0 aliphatic heterocycles. The molecule has 16 heavy (non-hydrogen) atoms. The zero-order valence-corrected chi connectivity index (χ0v) is 10.2. The maximum atomic E-state index is 13.7. The zero-order valence-electron chi connectivity index (χ0n) is 8.07. The van der Waals surface area contributed by atoms with Crippen molar-refractivity contribution in [1.82, 2.24) is 4.57 Å². The number of fused-ring (bicyclic) bond motifs is 1.